The molecular weight excluding hydrogens is 222 g/mol. The van der Waals surface area contributed by atoms with Gasteiger partial charge < -0.3 is 14.4 Å². The molecule has 0 bridgehead atoms. The van der Waals surface area contributed by atoms with Gasteiger partial charge in [0.25, 0.3) is 0 Å². The molecule has 0 unspecified atom stereocenters. The van der Waals surface area contributed by atoms with E-state index in [1.54, 1.807) is 0 Å². The van der Waals surface area contributed by atoms with Gasteiger partial charge in [-0.05, 0) is 6.92 Å². The van der Waals surface area contributed by atoms with Gasteiger partial charge in [0.05, 0.1) is 20.3 Å². The van der Waals surface area contributed by atoms with Crippen LogP contribution in [-0.4, -0.2) is 49.4 Å². The quantitative estimate of drug-likeness (QED) is 0.694. The van der Waals surface area contributed by atoms with Gasteiger partial charge in [0.15, 0.2) is 0 Å². The zero-order chi connectivity index (χ0) is 12.3. The molecule has 0 radical (unpaired) electrons. The summed E-state index contributed by atoms with van der Waals surface area (Å²) in [5, 5.41) is 0. The van der Waals surface area contributed by atoms with Crippen molar-refractivity contribution in [3.05, 3.63) is 17.6 Å². The van der Waals surface area contributed by atoms with Crippen LogP contribution in [0.3, 0.4) is 0 Å². The highest BCUT2D eigenvalue weighted by molar-refractivity contribution is 5.85. The van der Waals surface area contributed by atoms with Crippen LogP contribution >= 0.6 is 0 Å². The molecule has 0 amide bonds. The third kappa shape index (κ3) is 2.71. The summed E-state index contributed by atoms with van der Waals surface area (Å²) >= 11 is 0. The van der Waals surface area contributed by atoms with Crippen LogP contribution < -0.4 is 4.90 Å². The second-order valence-corrected chi connectivity index (χ2v) is 3.78. The fourth-order valence-corrected chi connectivity index (χ4v) is 1.69. The van der Waals surface area contributed by atoms with Gasteiger partial charge in [0.2, 0.25) is 5.82 Å². The Morgan fingerprint density at radius 2 is 2.12 bits per heavy atom. The third-order valence-corrected chi connectivity index (χ3v) is 2.54. The molecule has 92 valence electrons. The molecule has 0 spiro atoms. The van der Waals surface area contributed by atoms with E-state index in [2.05, 4.69) is 19.6 Å². The van der Waals surface area contributed by atoms with Crippen molar-refractivity contribution in [3.63, 3.8) is 0 Å². The van der Waals surface area contributed by atoms with Crippen LogP contribution in [0.4, 0.5) is 5.82 Å². The topological polar surface area (TPSA) is 64.5 Å². The molecule has 6 nitrogen and oxygen atoms in total. The maximum absolute atomic E-state index is 11.4. The average molecular weight is 237 g/mol. The van der Waals surface area contributed by atoms with Crippen molar-refractivity contribution in [1.29, 1.82) is 0 Å². The SMILES string of the molecule is COC(=O)c1nc(C)cc(N2CCOCC2)n1. The van der Waals surface area contributed by atoms with Crippen LogP contribution in [0, 0.1) is 6.92 Å². The number of ether oxygens (including phenoxy) is 2. The van der Waals surface area contributed by atoms with Crippen LogP contribution in [0.25, 0.3) is 0 Å². The van der Waals surface area contributed by atoms with Gasteiger partial charge in [-0.25, -0.2) is 14.8 Å². The summed E-state index contributed by atoms with van der Waals surface area (Å²) in [4.78, 5) is 21.8. The molecule has 1 fully saturated rings. The van der Waals surface area contributed by atoms with Crippen molar-refractivity contribution in [2.45, 2.75) is 6.92 Å². The predicted octanol–water partition coefficient (Wildman–Crippen LogP) is 0.408. The lowest BCUT2D eigenvalue weighted by Gasteiger charge is -2.27. The van der Waals surface area contributed by atoms with Crippen LogP contribution in [0.5, 0.6) is 0 Å². The van der Waals surface area contributed by atoms with Gasteiger partial charge >= 0.3 is 5.97 Å². The van der Waals surface area contributed by atoms with Crippen LogP contribution in [0.15, 0.2) is 6.07 Å². The highest BCUT2D eigenvalue weighted by Gasteiger charge is 2.17. The first-order chi connectivity index (χ1) is 8.20. The molecule has 0 aliphatic carbocycles. The minimum atomic E-state index is -0.511. The summed E-state index contributed by atoms with van der Waals surface area (Å²) in [6.07, 6.45) is 0. The number of esters is 1. The van der Waals surface area contributed by atoms with Crippen molar-refractivity contribution >= 4 is 11.8 Å². The summed E-state index contributed by atoms with van der Waals surface area (Å²) in [5.41, 5.74) is 0.752. The second-order valence-electron chi connectivity index (χ2n) is 3.78. The van der Waals surface area contributed by atoms with Gasteiger partial charge in [0.1, 0.15) is 5.82 Å². The fraction of sp³-hybridized carbons (Fsp3) is 0.545. The van der Waals surface area contributed by atoms with Crippen molar-refractivity contribution in [2.75, 3.05) is 38.3 Å². The van der Waals surface area contributed by atoms with Crippen molar-refractivity contribution in [2.24, 2.45) is 0 Å². The molecule has 17 heavy (non-hydrogen) atoms. The zero-order valence-corrected chi connectivity index (χ0v) is 9.97. The summed E-state index contributed by atoms with van der Waals surface area (Å²) in [6.45, 7) is 4.74. The van der Waals surface area contributed by atoms with Gasteiger partial charge in [-0.1, -0.05) is 0 Å². The molecule has 1 aliphatic rings. The van der Waals surface area contributed by atoms with E-state index >= 15 is 0 Å². The van der Waals surface area contributed by atoms with E-state index in [4.69, 9.17) is 4.74 Å². The van der Waals surface area contributed by atoms with Crippen LogP contribution in [0.1, 0.15) is 16.3 Å². The Kier molecular flexibility index (Phi) is 3.53. The third-order valence-electron chi connectivity index (χ3n) is 2.54. The monoisotopic (exact) mass is 237 g/mol. The van der Waals surface area contributed by atoms with E-state index in [0.29, 0.717) is 13.2 Å². The number of carbonyl (C=O) groups excluding carboxylic acids is 1. The lowest BCUT2D eigenvalue weighted by molar-refractivity contribution is 0.0586. The Morgan fingerprint density at radius 3 is 2.76 bits per heavy atom. The molecular formula is C11H15N3O3. The van der Waals surface area contributed by atoms with Gasteiger partial charge in [-0.2, -0.15) is 0 Å². The van der Waals surface area contributed by atoms with Crippen LogP contribution in [0.2, 0.25) is 0 Å². The number of nitrogens with zero attached hydrogens (tertiary/aromatic N) is 3. The lowest BCUT2D eigenvalue weighted by Crippen LogP contribution is -2.37. The molecule has 0 atom stereocenters. The van der Waals surface area contributed by atoms with Gasteiger partial charge in [0, 0.05) is 24.8 Å². The number of rotatable bonds is 2. The first kappa shape index (κ1) is 11.8. The molecule has 1 saturated heterocycles. The number of hydrogen-bond donors (Lipinski definition) is 0. The number of morpholine rings is 1. The highest BCUT2D eigenvalue weighted by Crippen LogP contribution is 2.14. The second kappa shape index (κ2) is 5.09. The molecule has 1 aliphatic heterocycles. The Balaban J connectivity index is 2.27. The number of anilines is 1. The molecule has 2 rings (SSSR count). The fourth-order valence-electron chi connectivity index (χ4n) is 1.69. The molecule has 0 aromatic carbocycles. The molecule has 1 aromatic rings. The minimum Gasteiger partial charge on any atom is -0.463 e. The number of carbonyl (C=O) groups is 1. The smallest absolute Gasteiger partial charge is 0.376 e. The molecule has 0 N–H and O–H groups in total. The lowest BCUT2D eigenvalue weighted by atomic mass is 10.3. The van der Waals surface area contributed by atoms with Gasteiger partial charge in [-0.3, -0.25) is 0 Å². The largest absolute Gasteiger partial charge is 0.463 e. The van der Waals surface area contributed by atoms with Crippen molar-refractivity contribution in [3.8, 4) is 0 Å². The Hall–Kier alpha value is -1.69. The van der Waals surface area contributed by atoms with E-state index in [0.717, 1.165) is 24.6 Å². The molecule has 6 heteroatoms. The highest BCUT2D eigenvalue weighted by atomic mass is 16.5. The van der Waals surface area contributed by atoms with E-state index < -0.39 is 5.97 Å². The van der Waals surface area contributed by atoms with E-state index in [-0.39, 0.29) is 5.82 Å². The van der Waals surface area contributed by atoms with E-state index in [1.165, 1.54) is 7.11 Å². The first-order valence-electron chi connectivity index (χ1n) is 5.47. The molecule has 0 saturated carbocycles. The van der Waals surface area contributed by atoms with E-state index in [1.807, 2.05) is 13.0 Å². The first-order valence-corrected chi connectivity index (χ1v) is 5.47. The standard InChI is InChI=1S/C11H15N3O3/c1-8-7-9(14-3-5-17-6-4-14)13-10(12-8)11(15)16-2/h7H,3-6H2,1-2H3. The van der Waals surface area contributed by atoms with Crippen molar-refractivity contribution < 1.29 is 14.3 Å². The van der Waals surface area contributed by atoms with Crippen molar-refractivity contribution in [1.82, 2.24) is 9.97 Å². The van der Waals surface area contributed by atoms with Gasteiger partial charge in [-0.15, -0.1) is 0 Å². The predicted molar refractivity (Wildman–Crippen MR) is 61.1 cm³/mol. The maximum Gasteiger partial charge on any atom is 0.376 e. The number of methoxy groups -OCH3 is 1. The summed E-state index contributed by atoms with van der Waals surface area (Å²) in [5.74, 6) is 0.346. The summed E-state index contributed by atoms with van der Waals surface area (Å²) in [7, 11) is 1.32. The number of aromatic nitrogens is 2. The average Bonchev–Trinajstić information content (AvgIpc) is 2.38. The Morgan fingerprint density at radius 1 is 1.41 bits per heavy atom. The number of aryl methyl sites for hydroxylation is 1. The normalized spacial score (nSPS) is 15.8. The Bertz CT molecular complexity index is 416. The van der Waals surface area contributed by atoms with Crippen LogP contribution in [-0.2, 0) is 9.47 Å². The van der Waals surface area contributed by atoms with E-state index in [9.17, 15) is 4.79 Å². The molecule has 1 aromatic heterocycles. The molecule has 2 heterocycles. The zero-order valence-electron chi connectivity index (χ0n) is 9.97. The Labute approximate surface area is 99.6 Å². The minimum absolute atomic E-state index is 0.106. The summed E-state index contributed by atoms with van der Waals surface area (Å²) < 4.78 is 9.90. The maximum atomic E-state index is 11.4. The summed E-state index contributed by atoms with van der Waals surface area (Å²) in [6, 6.07) is 1.86. The number of hydrogen-bond acceptors (Lipinski definition) is 6.